The van der Waals surface area contributed by atoms with Gasteiger partial charge in [-0.1, -0.05) is 41.9 Å². The summed E-state index contributed by atoms with van der Waals surface area (Å²) in [5.74, 6) is 0.168. The predicted octanol–water partition coefficient (Wildman–Crippen LogP) is 2.83. The predicted molar refractivity (Wildman–Crippen MR) is 82.9 cm³/mol. The lowest BCUT2D eigenvalue weighted by Crippen LogP contribution is -2.39. The Morgan fingerprint density at radius 3 is 2.68 bits per heavy atom. The summed E-state index contributed by atoms with van der Waals surface area (Å²) in [5, 5.41) is 0. The average Bonchev–Trinajstić information content (AvgIpc) is 2.35. The van der Waals surface area contributed by atoms with Gasteiger partial charge in [0.25, 0.3) is 0 Å². The van der Waals surface area contributed by atoms with Crippen molar-refractivity contribution in [3.8, 4) is 0 Å². The molecule has 0 atom stereocenters. The molecule has 3 nitrogen and oxygen atoms in total. The maximum Gasteiger partial charge on any atom is 0.222 e. The number of amides is 1. The van der Waals surface area contributed by atoms with Crippen molar-refractivity contribution in [3.05, 3.63) is 34.3 Å². The molecule has 0 fully saturated rings. The molecule has 1 rings (SSSR count). The van der Waals surface area contributed by atoms with Gasteiger partial charge in [-0.3, -0.25) is 4.79 Å². The Balaban J connectivity index is 2.47. The number of rotatable bonds is 6. The summed E-state index contributed by atoms with van der Waals surface area (Å²) >= 11 is 3.44. The Kier molecular flexibility index (Phi) is 6.01. The van der Waals surface area contributed by atoms with Crippen LogP contribution in [0.4, 0.5) is 0 Å². The van der Waals surface area contributed by atoms with Crippen LogP contribution in [0.5, 0.6) is 0 Å². The molecule has 0 unspecified atom stereocenters. The first-order valence-corrected chi connectivity index (χ1v) is 7.32. The summed E-state index contributed by atoms with van der Waals surface area (Å²) in [6.07, 6.45) is 1.30. The van der Waals surface area contributed by atoms with Gasteiger partial charge < -0.3 is 10.6 Å². The van der Waals surface area contributed by atoms with Crippen molar-refractivity contribution >= 4 is 21.8 Å². The van der Waals surface area contributed by atoms with Gasteiger partial charge in [0.2, 0.25) is 5.91 Å². The molecule has 0 saturated heterocycles. The first-order chi connectivity index (χ1) is 8.84. The van der Waals surface area contributed by atoms with Crippen molar-refractivity contribution in [2.45, 2.75) is 26.7 Å². The fraction of sp³-hybridized carbons (Fsp3) is 0.533. The van der Waals surface area contributed by atoms with Crippen LogP contribution in [0.15, 0.2) is 28.7 Å². The van der Waals surface area contributed by atoms with Crippen LogP contribution in [-0.4, -0.2) is 30.9 Å². The van der Waals surface area contributed by atoms with Crippen LogP contribution >= 0.6 is 15.9 Å². The van der Waals surface area contributed by atoms with Crippen LogP contribution in [0.25, 0.3) is 0 Å². The van der Waals surface area contributed by atoms with Gasteiger partial charge in [0.05, 0.1) is 0 Å². The van der Waals surface area contributed by atoms with E-state index in [1.54, 1.807) is 4.90 Å². The van der Waals surface area contributed by atoms with Gasteiger partial charge >= 0.3 is 0 Å². The number of nitrogens with two attached hydrogens (primary N) is 1. The van der Waals surface area contributed by atoms with E-state index in [-0.39, 0.29) is 11.3 Å². The number of carbonyl (C=O) groups excluding carboxylic acids is 1. The normalized spacial score (nSPS) is 11.4. The number of nitrogens with zero attached hydrogens (tertiary/aromatic N) is 1. The van der Waals surface area contributed by atoms with Crippen LogP contribution in [-0.2, 0) is 11.2 Å². The molecule has 0 saturated carbocycles. The lowest BCUT2D eigenvalue weighted by atomic mass is 9.93. The smallest absolute Gasteiger partial charge is 0.222 e. The molecule has 1 aromatic carbocycles. The van der Waals surface area contributed by atoms with Gasteiger partial charge in [-0.05, 0) is 36.1 Å². The van der Waals surface area contributed by atoms with Crippen LogP contribution in [0.3, 0.4) is 0 Å². The Morgan fingerprint density at radius 1 is 1.42 bits per heavy atom. The second-order valence-corrected chi connectivity index (χ2v) is 6.66. The van der Waals surface area contributed by atoms with Crippen molar-refractivity contribution in [3.63, 3.8) is 0 Å². The van der Waals surface area contributed by atoms with E-state index in [1.807, 2.05) is 25.2 Å². The molecule has 106 valence electrons. The molecule has 0 spiro atoms. The summed E-state index contributed by atoms with van der Waals surface area (Å²) in [7, 11) is 1.85. The average molecular weight is 327 g/mol. The number of benzene rings is 1. The third-order valence-corrected chi connectivity index (χ3v) is 3.65. The van der Waals surface area contributed by atoms with Crippen LogP contribution in [0, 0.1) is 5.41 Å². The number of aryl methyl sites for hydroxylation is 1. The summed E-state index contributed by atoms with van der Waals surface area (Å²) in [4.78, 5) is 13.9. The summed E-state index contributed by atoms with van der Waals surface area (Å²) in [6, 6.07) is 8.07. The number of hydrogen-bond donors (Lipinski definition) is 1. The highest BCUT2D eigenvalue weighted by Crippen LogP contribution is 2.16. The highest BCUT2D eigenvalue weighted by Gasteiger charge is 2.20. The zero-order valence-corrected chi connectivity index (χ0v) is 13.5. The summed E-state index contributed by atoms with van der Waals surface area (Å²) in [5.41, 5.74) is 6.84. The lowest BCUT2D eigenvalue weighted by molar-refractivity contribution is -0.131. The molecule has 0 aromatic heterocycles. The molecule has 1 amide bonds. The largest absolute Gasteiger partial charge is 0.345 e. The van der Waals surface area contributed by atoms with Crippen molar-refractivity contribution in [1.29, 1.82) is 0 Å². The van der Waals surface area contributed by atoms with Gasteiger partial charge in [-0.2, -0.15) is 0 Å². The molecular formula is C15H23BrN2O. The first kappa shape index (κ1) is 16.2. The first-order valence-electron chi connectivity index (χ1n) is 6.52. The monoisotopic (exact) mass is 326 g/mol. The topological polar surface area (TPSA) is 46.3 Å². The summed E-state index contributed by atoms with van der Waals surface area (Å²) in [6.45, 7) is 5.42. The Morgan fingerprint density at radius 2 is 2.11 bits per heavy atom. The molecule has 0 radical (unpaired) electrons. The van der Waals surface area contributed by atoms with E-state index < -0.39 is 0 Å². The van der Waals surface area contributed by atoms with Gasteiger partial charge in [0, 0.05) is 24.5 Å². The Hall–Kier alpha value is -0.870. The van der Waals surface area contributed by atoms with E-state index in [0.717, 1.165) is 10.9 Å². The lowest BCUT2D eigenvalue weighted by Gasteiger charge is -2.29. The zero-order valence-electron chi connectivity index (χ0n) is 11.9. The highest BCUT2D eigenvalue weighted by atomic mass is 79.9. The fourth-order valence-electron chi connectivity index (χ4n) is 1.93. The molecule has 2 N–H and O–H groups in total. The molecule has 19 heavy (non-hydrogen) atoms. The third-order valence-electron chi connectivity index (χ3n) is 3.16. The van der Waals surface area contributed by atoms with Crippen molar-refractivity contribution in [1.82, 2.24) is 4.90 Å². The van der Waals surface area contributed by atoms with E-state index in [4.69, 9.17) is 5.73 Å². The number of hydrogen-bond acceptors (Lipinski definition) is 2. The van der Waals surface area contributed by atoms with E-state index in [2.05, 4.69) is 35.8 Å². The van der Waals surface area contributed by atoms with E-state index >= 15 is 0 Å². The zero-order chi connectivity index (χ0) is 14.5. The van der Waals surface area contributed by atoms with Crippen LogP contribution < -0.4 is 5.73 Å². The molecule has 0 aliphatic carbocycles. The van der Waals surface area contributed by atoms with Gasteiger partial charge in [0.15, 0.2) is 0 Å². The standard InChI is InChI=1S/C15H23BrN2O/c1-15(2,10-17)11-18(3)14(19)8-7-12-5-4-6-13(16)9-12/h4-6,9H,7-8,10-11,17H2,1-3H3. The molecule has 0 bridgehead atoms. The van der Waals surface area contributed by atoms with Crippen molar-refractivity contribution in [2.75, 3.05) is 20.1 Å². The highest BCUT2D eigenvalue weighted by molar-refractivity contribution is 9.10. The molecular weight excluding hydrogens is 304 g/mol. The second kappa shape index (κ2) is 7.06. The second-order valence-electron chi connectivity index (χ2n) is 5.75. The van der Waals surface area contributed by atoms with Gasteiger partial charge in [-0.25, -0.2) is 0 Å². The minimum atomic E-state index is -0.0276. The Bertz CT molecular complexity index is 432. The molecule has 1 aromatic rings. The van der Waals surface area contributed by atoms with Crippen LogP contribution in [0.1, 0.15) is 25.8 Å². The van der Waals surface area contributed by atoms with Gasteiger partial charge in [-0.15, -0.1) is 0 Å². The van der Waals surface area contributed by atoms with Crippen molar-refractivity contribution in [2.24, 2.45) is 11.1 Å². The quantitative estimate of drug-likeness (QED) is 0.873. The van der Waals surface area contributed by atoms with Crippen molar-refractivity contribution < 1.29 is 4.79 Å². The molecule has 4 heteroatoms. The number of halogens is 1. The third kappa shape index (κ3) is 5.74. The molecule has 0 aliphatic rings. The Labute approximate surface area is 124 Å². The van der Waals surface area contributed by atoms with E-state index in [0.29, 0.717) is 19.5 Å². The molecule has 0 heterocycles. The molecule has 0 aliphatic heterocycles. The van der Waals surface area contributed by atoms with Gasteiger partial charge in [0.1, 0.15) is 0 Å². The minimum absolute atomic E-state index is 0.0276. The fourth-order valence-corrected chi connectivity index (χ4v) is 2.38. The van der Waals surface area contributed by atoms with E-state index in [1.165, 1.54) is 5.56 Å². The minimum Gasteiger partial charge on any atom is -0.345 e. The van der Waals surface area contributed by atoms with Crippen LogP contribution in [0.2, 0.25) is 0 Å². The maximum atomic E-state index is 12.1. The summed E-state index contributed by atoms with van der Waals surface area (Å²) < 4.78 is 1.05. The maximum absolute atomic E-state index is 12.1. The SMILES string of the molecule is CN(CC(C)(C)CN)C(=O)CCc1cccc(Br)c1. The van der Waals surface area contributed by atoms with E-state index in [9.17, 15) is 4.79 Å². The number of carbonyl (C=O) groups is 1.